The standard InChI is InChI=1S/C27H30N6O.H2S/c1-17(19-7-6-8-20-21(26(34)28-5)11-12-29-25(19)20)14-31-24-13-23(32-16-33-24)22-10-9-18(15-30-22)27(2,3)4;/h6-13,15-17H,14H2,1-5H3,(H,28,34)(H,31,32,33);1H2/t17-;/m1./s1. The van der Waals surface area contributed by atoms with E-state index >= 15 is 0 Å². The Hall–Kier alpha value is -3.52. The Balaban J connectivity index is 0.00000342. The topological polar surface area (TPSA) is 92.7 Å². The van der Waals surface area contributed by atoms with Crippen LogP contribution in [0.2, 0.25) is 0 Å². The summed E-state index contributed by atoms with van der Waals surface area (Å²) in [5.41, 5.74) is 5.35. The lowest BCUT2D eigenvalue weighted by Gasteiger charge is -2.18. The van der Waals surface area contributed by atoms with Crippen molar-refractivity contribution in [3.8, 4) is 11.4 Å². The summed E-state index contributed by atoms with van der Waals surface area (Å²) in [5, 5.41) is 6.96. The summed E-state index contributed by atoms with van der Waals surface area (Å²) in [6.45, 7) is 9.29. The first-order valence-electron chi connectivity index (χ1n) is 11.4. The molecular weight excluding hydrogens is 456 g/mol. The van der Waals surface area contributed by atoms with Crippen molar-refractivity contribution in [3.05, 3.63) is 77.9 Å². The highest BCUT2D eigenvalue weighted by atomic mass is 32.1. The summed E-state index contributed by atoms with van der Waals surface area (Å²) in [6, 6.07) is 13.7. The molecule has 1 aromatic carbocycles. The van der Waals surface area contributed by atoms with Gasteiger partial charge >= 0.3 is 0 Å². The van der Waals surface area contributed by atoms with Gasteiger partial charge in [-0.25, -0.2) is 9.97 Å². The van der Waals surface area contributed by atoms with E-state index in [2.05, 4.69) is 70.4 Å². The van der Waals surface area contributed by atoms with Gasteiger partial charge in [-0.05, 0) is 28.7 Å². The highest BCUT2D eigenvalue weighted by molar-refractivity contribution is 7.59. The molecule has 182 valence electrons. The van der Waals surface area contributed by atoms with E-state index in [1.165, 1.54) is 5.56 Å². The number of hydrogen-bond acceptors (Lipinski definition) is 6. The Morgan fingerprint density at radius 1 is 1.00 bits per heavy atom. The lowest BCUT2D eigenvalue weighted by molar-refractivity contribution is 0.0964. The molecular formula is C27H32N6OS. The fourth-order valence-corrected chi connectivity index (χ4v) is 3.88. The number of amides is 1. The fraction of sp³-hybridized carbons (Fsp3) is 0.296. The van der Waals surface area contributed by atoms with Gasteiger partial charge in [-0.15, -0.1) is 0 Å². The maximum Gasteiger partial charge on any atom is 0.251 e. The van der Waals surface area contributed by atoms with Crippen molar-refractivity contribution in [3.63, 3.8) is 0 Å². The van der Waals surface area contributed by atoms with Crippen molar-refractivity contribution in [2.45, 2.75) is 39.0 Å². The SMILES string of the molecule is CNC(=O)c1ccnc2c([C@H](C)CNc3cc(-c4ccc(C(C)(C)C)cn4)ncn3)cccc12.S. The molecule has 0 bridgehead atoms. The third kappa shape index (κ3) is 5.77. The van der Waals surface area contributed by atoms with Crippen LogP contribution in [-0.2, 0) is 5.41 Å². The Morgan fingerprint density at radius 2 is 1.80 bits per heavy atom. The number of hydrogen-bond donors (Lipinski definition) is 2. The Labute approximate surface area is 213 Å². The molecule has 7 nitrogen and oxygen atoms in total. The summed E-state index contributed by atoms with van der Waals surface area (Å²) in [7, 11) is 1.63. The van der Waals surface area contributed by atoms with Crippen LogP contribution in [0.5, 0.6) is 0 Å². The number of fused-ring (bicyclic) bond motifs is 1. The second-order valence-corrected chi connectivity index (χ2v) is 9.43. The summed E-state index contributed by atoms with van der Waals surface area (Å²) < 4.78 is 0. The molecule has 0 fully saturated rings. The van der Waals surface area contributed by atoms with Gasteiger partial charge in [-0.3, -0.25) is 14.8 Å². The molecule has 0 radical (unpaired) electrons. The minimum absolute atomic E-state index is 0. The van der Waals surface area contributed by atoms with Gasteiger partial charge in [0.15, 0.2) is 0 Å². The zero-order chi connectivity index (χ0) is 24.3. The van der Waals surface area contributed by atoms with Crippen LogP contribution in [0.3, 0.4) is 0 Å². The molecule has 4 rings (SSSR count). The first kappa shape index (κ1) is 26.1. The number of nitrogens with zero attached hydrogens (tertiary/aromatic N) is 4. The average Bonchev–Trinajstić information content (AvgIpc) is 2.85. The predicted octanol–water partition coefficient (Wildman–Crippen LogP) is 5.07. The lowest BCUT2D eigenvalue weighted by atomic mass is 9.88. The second kappa shape index (κ2) is 10.8. The van der Waals surface area contributed by atoms with E-state index in [-0.39, 0.29) is 30.7 Å². The monoisotopic (exact) mass is 488 g/mol. The smallest absolute Gasteiger partial charge is 0.251 e. The molecule has 2 N–H and O–H groups in total. The summed E-state index contributed by atoms with van der Waals surface area (Å²) in [5.74, 6) is 0.754. The summed E-state index contributed by atoms with van der Waals surface area (Å²) in [6.07, 6.45) is 5.15. The summed E-state index contributed by atoms with van der Waals surface area (Å²) >= 11 is 0. The van der Waals surface area contributed by atoms with Crippen molar-refractivity contribution >= 4 is 36.1 Å². The van der Waals surface area contributed by atoms with Crippen LogP contribution in [-0.4, -0.2) is 39.4 Å². The molecule has 0 aliphatic carbocycles. The lowest BCUT2D eigenvalue weighted by Crippen LogP contribution is -2.18. The van der Waals surface area contributed by atoms with E-state index in [0.717, 1.165) is 33.7 Å². The number of anilines is 1. The quantitative estimate of drug-likeness (QED) is 0.394. The van der Waals surface area contributed by atoms with Gasteiger partial charge in [0.1, 0.15) is 12.1 Å². The molecule has 0 unspecified atom stereocenters. The molecule has 3 heterocycles. The number of benzene rings is 1. The van der Waals surface area contributed by atoms with Crippen molar-refractivity contribution in [1.29, 1.82) is 0 Å². The molecule has 3 aromatic heterocycles. The third-order valence-corrected chi connectivity index (χ3v) is 5.95. The van der Waals surface area contributed by atoms with Gasteiger partial charge in [0.05, 0.1) is 22.5 Å². The number of carbonyl (C=O) groups is 1. The second-order valence-electron chi connectivity index (χ2n) is 9.43. The normalized spacial score (nSPS) is 12.0. The van der Waals surface area contributed by atoms with Gasteiger partial charge in [0.25, 0.3) is 5.91 Å². The third-order valence-electron chi connectivity index (χ3n) is 5.95. The van der Waals surface area contributed by atoms with Crippen molar-refractivity contribution in [2.75, 3.05) is 18.9 Å². The molecule has 1 amide bonds. The van der Waals surface area contributed by atoms with Gasteiger partial charge in [0, 0.05) is 43.4 Å². The summed E-state index contributed by atoms with van der Waals surface area (Å²) in [4.78, 5) is 30.2. The van der Waals surface area contributed by atoms with E-state index in [1.54, 1.807) is 25.6 Å². The zero-order valence-corrected chi connectivity index (χ0v) is 21.8. The Morgan fingerprint density at radius 3 is 2.49 bits per heavy atom. The molecule has 0 aliphatic rings. The predicted molar refractivity (Wildman–Crippen MR) is 146 cm³/mol. The van der Waals surface area contributed by atoms with E-state index in [9.17, 15) is 4.79 Å². The van der Waals surface area contributed by atoms with Crippen LogP contribution in [0.15, 0.2) is 61.2 Å². The van der Waals surface area contributed by atoms with E-state index in [1.807, 2.05) is 30.5 Å². The molecule has 4 aromatic rings. The van der Waals surface area contributed by atoms with Crippen molar-refractivity contribution < 1.29 is 4.79 Å². The van der Waals surface area contributed by atoms with Gasteiger partial charge in [-0.2, -0.15) is 13.5 Å². The molecule has 0 aliphatic heterocycles. The molecule has 8 heteroatoms. The van der Waals surface area contributed by atoms with Crippen LogP contribution < -0.4 is 10.6 Å². The van der Waals surface area contributed by atoms with Crippen LogP contribution in [0, 0.1) is 0 Å². The molecule has 0 saturated carbocycles. The highest BCUT2D eigenvalue weighted by Gasteiger charge is 2.16. The van der Waals surface area contributed by atoms with Crippen LogP contribution in [0.1, 0.15) is 55.1 Å². The number of para-hydroxylation sites is 1. The van der Waals surface area contributed by atoms with E-state index in [4.69, 9.17) is 0 Å². The van der Waals surface area contributed by atoms with Crippen LogP contribution in [0.25, 0.3) is 22.3 Å². The van der Waals surface area contributed by atoms with Crippen molar-refractivity contribution in [1.82, 2.24) is 25.3 Å². The highest BCUT2D eigenvalue weighted by Crippen LogP contribution is 2.27. The number of pyridine rings is 2. The van der Waals surface area contributed by atoms with Gasteiger partial charge < -0.3 is 10.6 Å². The van der Waals surface area contributed by atoms with Crippen molar-refractivity contribution in [2.24, 2.45) is 0 Å². The number of aromatic nitrogens is 4. The number of carbonyl (C=O) groups excluding carboxylic acids is 1. The van der Waals surface area contributed by atoms with Crippen LogP contribution in [0.4, 0.5) is 5.82 Å². The molecule has 0 saturated heterocycles. The average molecular weight is 489 g/mol. The number of nitrogens with one attached hydrogen (secondary N) is 2. The van der Waals surface area contributed by atoms with Crippen LogP contribution >= 0.6 is 13.5 Å². The maximum absolute atomic E-state index is 12.3. The molecule has 1 atom stereocenters. The Bertz CT molecular complexity index is 1320. The minimum atomic E-state index is -0.118. The van der Waals surface area contributed by atoms with E-state index in [0.29, 0.717) is 12.1 Å². The largest absolute Gasteiger partial charge is 0.369 e. The van der Waals surface area contributed by atoms with Gasteiger partial charge in [0.2, 0.25) is 0 Å². The minimum Gasteiger partial charge on any atom is -0.369 e. The maximum atomic E-state index is 12.3. The fourth-order valence-electron chi connectivity index (χ4n) is 3.88. The Kier molecular flexibility index (Phi) is 8.07. The molecule has 0 spiro atoms. The number of rotatable bonds is 6. The van der Waals surface area contributed by atoms with E-state index < -0.39 is 0 Å². The molecule has 35 heavy (non-hydrogen) atoms. The first-order valence-corrected chi connectivity index (χ1v) is 11.4. The first-order chi connectivity index (χ1) is 16.3. The van der Waals surface area contributed by atoms with Gasteiger partial charge in [-0.1, -0.05) is 52.0 Å². The zero-order valence-electron chi connectivity index (χ0n) is 20.8.